The molecule has 0 fully saturated rings. The van der Waals surface area contributed by atoms with E-state index in [1.54, 1.807) is 0 Å². The molecule has 3 heteroatoms. The Bertz CT molecular complexity index is 216. The molecule has 0 aliphatic heterocycles. The molecule has 0 spiro atoms. The van der Waals surface area contributed by atoms with Gasteiger partial charge in [-0.15, -0.1) is 6.42 Å². The van der Waals surface area contributed by atoms with Crippen LogP contribution in [0, 0.1) is 17.8 Å². The predicted molar refractivity (Wildman–Crippen MR) is 57.0 cm³/mol. The summed E-state index contributed by atoms with van der Waals surface area (Å²) in [5.41, 5.74) is 0.0694. The van der Waals surface area contributed by atoms with Gasteiger partial charge in [-0.2, -0.15) is 0 Å². The first-order chi connectivity index (χ1) is 6.48. The van der Waals surface area contributed by atoms with E-state index >= 15 is 0 Å². The summed E-state index contributed by atoms with van der Waals surface area (Å²) in [5, 5.41) is 11.6. The molecule has 80 valence electrons. The van der Waals surface area contributed by atoms with Crippen molar-refractivity contribution in [2.75, 3.05) is 13.1 Å². The Balaban J connectivity index is 3.61. The van der Waals surface area contributed by atoms with Crippen LogP contribution in [0.15, 0.2) is 0 Å². The highest BCUT2D eigenvalue weighted by molar-refractivity contribution is 5.66. The fraction of sp³-hybridized carbons (Fsp3) is 0.727. The van der Waals surface area contributed by atoms with E-state index in [0.717, 1.165) is 13.0 Å². The van der Waals surface area contributed by atoms with Crippen molar-refractivity contribution in [3.05, 3.63) is 0 Å². The summed E-state index contributed by atoms with van der Waals surface area (Å²) >= 11 is 0. The van der Waals surface area contributed by atoms with Crippen LogP contribution < -0.4 is 5.32 Å². The Morgan fingerprint density at radius 1 is 1.50 bits per heavy atom. The van der Waals surface area contributed by atoms with Crippen LogP contribution in [-0.2, 0) is 4.79 Å². The van der Waals surface area contributed by atoms with Crippen molar-refractivity contribution in [2.45, 2.75) is 33.1 Å². The molecule has 0 atom stereocenters. The maximum absolute atomic E-state index is 10.4. The van der Waals surface area contributed by atoms with Crippen LogP contribution in [-0.4, -0.2) is 24.2 Å². The predicted octanol–water partition coefficient (Wildman–Crippen LogP) is 1.49. The number of hydrogen-bond acceptors (Lipinski definition) is 2. The van der Waals surface area contributed by atoms with E-state index in [-0.39, 0.29) is 11.8 Å². The Labute approximate surface area is 85.9 Å². The molecule has 0 rings (SSSR count). The van der Waals surface area contributed by atoms with Crippen molar-refractivity contribution >= 4 is 5.97 Å². The number of carboxylic acids is 1. The van der Waals surface area contributed by atoms with Gasteiger partial charge in [0.2, 0.25) is 0 Å². The molecule has 0 unspecified atom stereocenters. The lowest BCUT2D eigenvalue weighted by Gasteiger charge is -2.23. The van der Waals surface area contributed by atoms with E-state index in [4.69, 9.17) is 11.5 Å². The van der Waals surface area contributed by atoms with Crippen LogP contribution in [0.3, 0.4) is 0 Å². The highest BCUT2D eigenvalue weighted by atomic mass is 16.4. The topological polar surface area (TPSA) is 49.3 Å². The van der Waals surface area contributed by atoms with Gasteiger partial charge in [-0.25, -0.2) is 0 Å². The lowest BCUT2D eigenvalue weighted by molar-refractivity contribution is -0.137. The van der Waals surface area contributed by atoms with Gasteiger partial charge in [-0.1, -0.05) is 19.8 Å². The van der Waals surface area contributed by atoms with Gasteiger partial charge in [0.05, 0.1) is 6.54 Å². The Kier molecular flexibility index (Phi) is 5.98. The van der Waals surface area contributed by atoms with E-state index in [0.29, 0.717) is 13.0 Å². The monoisotopic (exact) mass is 197 g/mol. The summed E-state index contributed by atoms with van der Waals surface area (Å²) in [7, 11) is 0. The zero-order chi connectivity index (χ0) is 11.0. The second-order valence-corrected chi connectivity index (χ2v) is 4.19. The van der Waals surface area contributed by atoms with Crippen molar-refractivity contribution < 1.29 is 9.90 Å². The van der Waals surface area contributed by atoms with Crippen molar-refractivity contribution in [3.63, 3.8) is 0 Å². The maximum atomic E-state index is 10.4. The molecule has 0 amide bonds. The molecule has 0 aliphatic carbocycles. The summed E-state index contributed by atoms with van der Waals surface area (Å²) in [6, 6.07) is 0. The third-order valence-electron chi connectivity index (χ3n) is 2.22. The Hall–Kier alpha value is -1.01. The standard InChI is InChI=1S/C11H19NO2/c1-4-8-12-9-7-11(2,3)6-5-10(13)14/h1,12H,5-9H2,2-3H3,(H,13,14). The number of rotatable bonds is 7. The molecule has 0 saturated carbocycles. The molecule has 0 heterocycles. The summed E-state index contributed by atoms with van der Waals surface area (Å²) in [6.07, 6.45) is 6.98. The number of carboxylic acid groups (broad SMARTS) is 1. The largest absolute Gasteiger partial charge is 0.481 e. The minimum absolute atomic E-state index is 0.0694. The minimum Gasteiger partial charge on any atom is -0.481 e. The Morgan fingerprint density at radius 3 is 2.64 bits per heavy atom. The van der Waals surface area contributed by atoms with Gasteiger partial charge in [0.15, 0.2) is 0 Å². The quantitative estimate of drug-likeness (QED) is 0.480. The highest BCUT2D eigenvalue weighted by Crippen LogP contribution is 2.25. The maximum Gasteiger partial charge on any atom is 0.303 e. The number of terminal acetylenes is 1. The van der Waals surface area contributed by atoms with E-state index in [2.05, 4.69) is 25.1 Å². The molecule has 2 N–H and O–H groups in total. The zero-order valence-corrected chi connectivity index (χ0v) is 8.97. The van der Waals surface area contributed by atoms with E-state index in [1.165, 1.54) is 0 Å². The summed E-state index contributed by atoms with van der Waals surface area (Å²) in [6.45, 7) is 5.58. The molecule has 14 heavy (non-hydrogen) atoms. The van der Waals surface area contributed by atoms with E-state index in [1.807, 2.05) is 0 Å². The van der Waals surface area contributed by atoms with Crippen molar-refractivity contribution in [3.8, 4) is 12.3 Å². The lowest BCUT2D eigenvalue weighted by Crippen LogP contribution is -2.23. The highest BCUT2D eigenvalue weighted by Gasteiger charge is 2.18. The second kappa shape index (κ2) is 6.44. The number of aliphatic carboxylic acids is 1. The number of nitrogens with one attached hydrogen (secondary N) is 1. The smallest absolute Gasteiger partial charge is 0.303 e. The first kappa shape index (κ1) is 13.0. The molecule has 0 aromatic rings. The van der Waals surface area contributed by atoms with Crippen LogP contribution in [0.5, 0.6) is 0 Å². The summed E-state index contributed by atoms with van der Waals surface area (Å²) in [5.74, 6) is 1.77. The van der Waals surface area contributed by atoms with Gasteiger partial charge in [-0.3, -0.25) is 4.79 Å². The molecule has 0 aromatic carbocycles. The van der Waals surface area contributed by atoms with Gasteiger partial charge in [0.1, 0.15) is 0 Å². The van der Waals surface area contributed by atoms with Crippen LogP contribution in [0.4, 0.5) is 0 Å². The second-order valence-electron chi connectivity index (χ2n) is 4.19. The molecule has 0 bridgehead atoms. The first-order valence-electron chi connectivity index (χ1n) is 4.84. The molecular weight excluding hydrogens is 178 g/mol. The SMILES string of the molecule is C#CCNCCC(C)(C)CCC(=O)O. The average Bonchev–Trinajstić information content (AvgIpc) is 2.10. The minimum atomic E-state index is -0.727. The first-order valence-corrected chi connectivity index (χ1v) is 4.84. The van der Waals surface area contributed by atoms with Gasteiger partial charge in [-0.05, 0) is 24.8 Å². The molecular formula is C11H19NO2. The van der Waals surface area contributed by atoms with E-state index < -0.39 is 5.97 Å². The molecule has 0 radical (unpaired) electrons. The van der Waals surface area contributed by atoms with Crippen LogP contribution in [0.25, 0.3) is 0 Å². The van der Waals surface area contributed by atoms with Crippen LogP contribution >= 0.6 is 0 Å². The third-order valence-corrected chi connectivity index (χ3v) is 2.22. The number of hydrogen-bond donors (Lipinski definition) is 2. The molecule has 0 aromatic heterocycles. The zero-order valence-electron chi connectivity index (χ0n) is 8.97. The van der Waals surface area contributed by atoms with Crippen molar-refractivity contribution in [2.24, 2.45) is 5.41 Å². The van der Waals surface area contributed by atoms with Crippen LogP contribution in [0.1, 0.15) is 33.1 Å². The molecule has 3 nitrogen and oxygen atoms in total. The van der Waals surface area contributed by atoms with E-state index in [9.17, 15) is 4.79 Å². The fourth-order valence-electron chi connectivity index (χ4n) is 1.16. The van der Waals surface area contributed by atoms with Crippen LogP contribution in [0.2, 0.25) is 0 Å². The molecule has 0 saturated heterocycles. The normalized spacial score (nSPS) is 10.9. The average molecular weight is 197 g/mol. The van der Waals surface area contributed by atoms with Gasteiger partial charge < -0.3 is 10.4 Å². The van der Waals surface area contributed by atoms with Crippen molar-refractivity contribution in [1.82, 2.24) is 5.32 Å². The fourth-order valence-corrected chi connectivity index (χ4v) is 1.16. The lowest BCUT2D eigenvalue weighted by atomic mass is 9.84. The van der Waals surface area contributed by atoms with Gasteiger partial charge >= 0.3 is 5.97 Å². The summed E-state index contributed by atoms with van der Waals surface area (Å²) < 4.78 is 0. The van der Waals surface area contributed by atoms with Crippen molar-refractivity contribution in [1.29, 1.82) is 0 Å². The van der Waals surface area contributed by atoms with Gasteiger partial charge in [0, 0.05) is 6.42 Å². The number of carbonyl (C=O) groups is 1. The van der Waals surface area contributed by atoms with Gasteiger partial charge in [0.25, 0.3) is 0 Å². The Morgan fingerprint density at radius 2 is 2.14 bits per heavy atom. The molecule has 0 aliphatic rings. The summed E-state index contributed by atoms with van der Waals surface area (Å²) in [4.78, 5) is 10.4. The third kappa shape index (κ3) is 7.63.